The van der Waals surface area contributed by atoms with Gasteiger partial charge in [0.25, 0.3) is 0 Å². The van der Waals surface area contributed by atoms with Gasteiger partial charge in [0.2, 0.25) is 5.91 Å². The van der Waals surface area contributed by atoms with Crippen molar-refractivity contribution in [1.29, 1.82) is 0 Å². The van der Waals surface area contributed by atoms with Crippen molar-refractivity contribution in [2.24, 2.45) is 13.0 Å². The molecule has 1 unspecified atom stereocenters. The molecule has 21 heavy (non-hydrogen) atoms. The number of amides is 1. The van der Waals surface area contributed by atoms with Crippen molar-refractivity contribution in [2.45, 2.75) is 18.4 Å². The number of hydrogen-bond donors (Lipinski definition) is 1. The van der Waals surface area contributed by atoms with E-state index in [4.69, 9.17) is 4.74 Å². The molecule has 2 saturated heterocycles. The summed E-state index contributed by atoms with van der Waals surface area (Å²) in [5.74, 6) is 0.449. The Bertz CT molecular complexity index is 487. The second-order valence-electron chi connectivity index (χ2n) is 5.79. The number of nitrogens with one attached hydrogen (secondary N) is 1. The zero-order chi connectivity index (χ0) is 14.1. The fourth-order valence-electron chi connectivity index (χ4n) is 3.19. The zero-order valence-corrected chi connectivity index (χ0v) is 13.3. The highest BCUT2D eigenvalue weighted by molar-refractivity contribution is 5.85. The SMILES string of the molecule is CN(C(=O)[C@H]1CNC[C@@H]1c1cnn(C)c1)C1CCOC1.Cl. The molecule has 0 saturated carbocycles. The average Bonchev–Trinajstić information content (AvgIpc) is 3.17. The van der Waals surface area contributed by atoms with Gasteiger partial charge in [0.05, 0.1) is 24.8 Å². The highest BCUT2D eigenvalue weighted by Crippen LogP contribution is 2.30. The number of hydrogen-bond acceptors (Lipinski definition) is 4. The molecule has 0 spiro atoms. The van der Waals surface area contributed by atoms with Crippen molar-refractivity contribution in [3.8, 4) is 0 Å². The fourth-order valence-corrected chi connectivity index (χ4v) is 3.19. The van der Waals surface area contributed by atoms with Gasteiger partial charge in [0.15, 0.2) is 0 Å². The van der Waals surface area contributed by atoms with Crippen LogP contribution in [-0.4, -0.2) is 60.0 Å². The van der Waals surface area contributed by atoms with Gasteiger partial charge in [0.1, 0.15) is 0 Å². The molecule has 3 atom stereocenters. The Labute approximate surface area is 131 Å². The smallest absolute Gasteiger partial charge is 0.227 e. The lowest BCUT2D eigenvalue weighted by Gasteiger charge is -2.28. The molecule has 2 aliphatic heterocycles. The minimum atomic E-state index is 0. The van der Waals surface area contributed by atoms with Gasteiger partial charge in [-0.1, -0.05) is 0 Å². The molecule has 1 aromatic rings. The highest BCUT2D eigenvalue weighted by Gasteiger charge is 2.38. The Morgan fingerprint density at radius 2 is 2.33 bits per heavy atom. The average molecular weight is 315 g/mol. The fraction of sp³-hybridized carbons (Fsp3) is 0.714. The third kappa shape index (κ3) is 3.22. The normalized spacial score (nSPS) is 28.4. The van der Waals surface area contributed by atoms with Crippen LogP contribution in [0, 0.1) is 5.92 Å². The quantitative estimate of drug-likeness (QED) is 0.877. The molecule has 1 N–H and O–H groups in total. The third-order valence-corrected chi connectivity index (χ3v) is 4.49. The number of carbonyl (C=O) groups excluding carboxylic acids is 1. The van der Waals surface area contributed by atoms with E-state index in [1.807, 2.05) is 31.4 Å². The Morgan fingerprint density at radius 3 is 2.95 bits per heavy atom. The van der Waals surface area contributed by atoms with Crippen LogP contribution in [0.4, 0.5) is 0 Å². The summed E-state index contributed by atoms with van der Waals surface area (Å²) in [6.07, 6.45) is 4.83. The van der Waals surface area contributed by atoms with Crippen LogP contribution >= 0.6 is 12.4 Å². The maximum absolute atomic E-state index is 12.7. The minimum absolute atomic E-state index is 0. The standard InChI is InChI=1S/C14H22N4O2.ClH/c1-17-8-10(5-16-17)12-6-15-7-13(12)14(19)18(2)11-3-4-20-9-11;/h5,8,11-13,15H,3-4,6-7,9H2,1-2H3;1H/t11?,12-,13+;/m1./s1. The van der Waals surface area contributed by atoms with Gasteiger partial charge in [-0.3, -0.25) is 9.48 Å². The van der Waals surface area contributed by atoms with E-state index in [0.717, 1.165) is 31.7 Å². The van der Waals surface area contributed by atoms with Crippen molar-refractivity contribution in [2.75, 3.05) is 33.4 Å². The van der Waals surface area contributed by atoms with Gasteiger partial charge in [-0.25, -0.2) is 0 Å². The number of aryl methyl sites for hydroxylation is 1. The van der Waals surface area contributed by atoms with E-state index in [9.17, 15) is 4.79 Å². The molecule has 6 nitrogen and oxygen atoms in total. The molecule has 0 aliphatic carbocycles. The summed E-state index contributed by atoms with van der Waals surface area (Å²) in [7, 11) is 3.81. The lowest BCUT2D eigenvalue weighted by molar-refractivity contribution is -0.136. The topological polar surface area (TPSA) is 59.4 Å². The molecule has 0 aromatic carbocycles. The number of nitrogens with zero attached hydrogens (tertiary/aromatic N) is 3. The third-order valence-electron chi connectivity index (χ3n) is 4.49. The van der Waals surface area contributed by atoms with Crippen LogP contribution in [-0.2, 0) is 16.6 Å². The first-order valence-corrected chi connectivity index (χ1v) is 7.20. The van der Waals surface area contributed by atoms with Gasteiger partial charge >= 0.3 is 0 Å². The summed E-state index contributed by atoms with van der Waals surface area (Å²) in [6.45, 7) is 3.02. The van der Waals surface area contributed by atoms with Gasteiger partial charge < -0.3 is 15.0 Å². The highest BCUT2D eigenvalue weighted by atomic mass is 35.5. The van der Waals surface area contributed by atoms with Crippen LogP contribution in [0.1, 0.15) is 17.9 Å². The van der Waals surface area contributed by atoms with Crippen LogP contribution in [0.15, 0.2) is 12.4 Å². The maximum Gasteiger partial charge on any atom is 0.227 e. The van der Waals surface area contributed by atoms with Crippen molar-refractivity contribution in [3.05, 3.63) is 18.0 Å². The van der Waals surface area contributed by atoms with Crippen molar-refractivity contribution < 1.29 is 9.53 Å². The molecular formula is C14H23ClN4O2. The summed E-state index contributed by atoms with van der Waals surface area (Å²) in [6, 6.07) is 0.234. The number of aromatic nitrogens is 2. The molecule has 2 fully saturated rings. The van der Waals surface area contributed by atoms with E-state index in [2.05, 4.69) is 10.4 Å². The van der Waals surface area contributed by atoms with Crippen LogP contribution in [0.2, 0.25) is 0 Å². The first-order valence-electron chi connectivity index (χ1n) is 7.20. The van der Waals surface area contributed by atoms with Gasteiger partial charge in [-0.05, 0) is 12.0 Å². The van der Waals surface area contributed by atoms with E-state index in [1.165, 1.54) is 0 Å². The first kappa shape index (κ1) is 16.3. The molecule has 118 valence electrons. The number of rotatable bonds is 3. The monoisotopic (exact) mass is 314 g/mol. The summed E-state index contributed by atoms with van der Waals surface area (Å²) in [5.41, 5.74) is 1.15. The molecule has 1 amide bonds. The van der Waals surface area contributed by atoms with Crippen LogP contribution < -0.4 is 5.32 Å². The van der Waals surface area contributed by atoms with Gasteiger partial charge in [-0.15, -0.1) is 12.4 Å². The molecule has 2 aliphatic rings. The number of halogens is 1. The zero-order valence-electron chi connectivity index (χ0n) is 12.5. The van der Waals surface area contributed by atoms with E-state index in [-0.39, 0.29) is 36.2 Å². The predicted octanol–water partition coefficient (Wildman–Crippen LogP) is 0.392. The molecular weight excluding hydrogens is 292 g/mol. The number of likely N-dealkylation sites (N-methyl/N-ethyl adjacent to an activating group) is 1. The maximum atomic E-state index is 12.7. The second kappa shape index (κ2) is 6.77. The van der Waals surface area contributed by atoms with Gasteiger partial charge in [0, 0.05) is 45.9 Å². The van der Waals surface area contributed by atoms with Crippen LogP contribution in [0.3, 0.4) is 0 Å². The molecule has 3 rings (SSSR count). The van der Waals surface area contributed by atoms with E-state index in [1.54, 1.807) is 4.68 Å². The van der Waals surface area contributed by atoms with Crippen molar-refractivity contribution in [1.82, 2.24) is 20.0 Å². The summed E-state index contributed by atoms with van der Waals surface area (Å²) >= 11 is 0. The summed E-state index contributed by atoms with van der Waals surface area (Å²) in [5, 5.41) is 7.56. The molecule has 0 radical (unpaired) electrons. The second-order valence-corrected chi connectivity index (χ2v) is 5.79. The van der Waals surface area contributed by atoms with E-state index >= 15 is 0 Å². The lowest BCUT2D eigenvalue weighted by Crippen LogP contribution is -2.42. The Hall–Kier alpha value is -1.11. The first-order chi connectivity index (χ1) is 9.66. The number of carbonyl (C=O) groups is 1. The Morgan fingerprint density at radius 1 is 1.52 bits per heavy atom. The number of ether oxygens (including phenoxy) is 1. The van der Waals surface area contributed by atoms with E-state index < -0.39 is 0 Å². The van der Waals surface area contributed by atoms with Gasteiger partial charge in [-0.2, -0.15) is 5.10 Å². The van der Waals surface area contributed by atoms with E-state index in [0.29, 0.717) is 6.61 Å². The lowest BCUT2D eigenvalue weighted by atomic mass is 9.89. The van der Waals surface area contributed by atoms with Crippen molar-refractivity contribution in [3.63, 3.8) is 0 Å². The van der Waals surface area contributed by atoms with Crippen LogP contribution in [0.25, 0.3) is 0 Å². The van der Waals surface area contributed by atoms with Crippen LogP contribution in [0.5, 0.6) is 0 Å². The molecule has 0 bridgehead atoms. The predicted molar refractivity (Wildman–Crippen MR) is 81.6 cm³/mol. The molecule has 3 heterocycles. The Balaban J connectivity index is 0.00000161. The molecule has 7 heteroatoms. The summed E-state index contributed by atoms with van der Waals surface area (Å²) < 4.78 is 7.18. The molecule has 1 aromatic heterocycles. The van der Waals surface area contributed by atoms with Crippen molar-refractivity contribution >= 4 is 18.3 Å². The largest absolute Gasteiger partial charge is 0.379 e. The summed E-state index contributed by atoms with van der Waals surface area (Å²) in [4.78, 5) is 14.6. The Kier molecular flexibility index (Phi) is 5.24. The minimum Gasteiger partial charge on any atom is -0.379 e.